The smallest absolute Gasteiger partial charge is 0.242 e. The Labute approximate surface area is 159 Å². The summed E-state index contributed by atoms with van der Waals surface area (Å²) in [6.45, 7) is 4.44. The maximum absolute atomic E-state index is 13.1. The second-order valence-electron chi connectivity index (χ2n) is 8.62. The lowest BCUT2D eigenvalue weighted by molar-refractivity contribution is -0.132. The highest BCUT2D eigenvalue weighted by Gasteiger charge is 2.38. The Morgan fingerprint density at radius 3 is 2.70 bits per heavy atom. The van der Waals surface area contributed by atoms with Crippen molar-refractivity contribution >= 4 is 16.8 Å². The summed E-state index contributed by atoms with van der Waals surface area (Å²) < 4.78 is 1.92. The molecule has 3 aliphatic heterocycles. The first kappa shape index (κ1) is 17.0. The van der Waals surface area contributed by atoms with Crippen LogP contribution in [0.3, 0.4) is 0 Å². The van der Waals surface area contributed by atoms with Gasteiger partial charge < -0.3 is 9.47 Å². The van der Waals surface area contributed by atoms with Gasteiger partial charge in [0.25, 0.3) is 0 Å². The van der Waals surface area contributed by atoms with E-state index in [4.69, 9.17) is 0 Å². The van der Waals surface area contributed by atoms with E-state index in [1.165, 1.54) is 32.2 Å². The van der Waals surface area contributed by atoms with Gasteiger partial charge in [-0.3, -0.25) is 14.5 Å². The summed E-state index contributed by atoms with van der Waals surface area (Å²) >= 11 is 0. The molecular formula is C22H27N3O2. The summed E-state index contributed by atoms with van der Waals surface area (Å²) in [5.74, 6) is 1.69. The van der Waals surface area contributed by atoms with Crippen LogP contribution in [0.5, 0.6) is 0 Å². The predicted octanol–water partition coefficient (Wildman–Crippen LogP) is 2.33. The third-order valence-corrected chi connectivity index (χ3v) is 6.56. The van der Waals surface area contributed by atoms with Crippen molar-refractivity contribution < 1.29 is 4.79 Å². The number of nitrogens with zero attached hydrogens (tertiary/aromatic N) is 3. The molecule has 0 unspecified atom stereocenters. The van der Waals surface area contributed by atoms with Gasteiger partial charge in [-0.1, -0.05) is 12.1 Å². The van der Waals surface area contributed by atoms with Crippen molar-refractivity contribution in [3.8, 4) is 0 Å². The first-order chi connectivity index (χ1) is 13.2. The first-order valence-corrected chi connectivity index (χ1v) is 10.3. The van der Waals surface area contributed by atoms with Crippen LogP contribution in [0, 0.1) is 11.8 Å². The van der Waals surface area contributed by atoms with E-state index in [1.54, 1.807) is 12.3 Å². The molecule has 1 aromatic carbocycles. The molecular weight excluding hydrogens is 338 g/mol. The van der Waals surface area contributed by atoms with Crippen molar-refractivity contribution in [1.82, 2.24) is 14.4 Å². The van der Waals surface area contributed by atoms with Gasteiger partial charge in [0.15, 0.2) is 5.43 Å². The highest BCUT2D eigenvalue weighted by atomic mass is 16.2. The van der Waals surface area contributed by atoms with Crippen LogP contribution in [-0.2, 0) is 11.3 Å². The fourth-order valence-corrected chi connectivity index (χ4v) is 4.88. The SMILES string of the molecule is O=C(Cn1ccc(=O)c2ccccc21)N1C[C@H]2CC[C@@H](C1)N(CC1CC1)C2. The minimum atomic E-state index is 0.0119. The Hall–Kier alpha value is -2.14. The molecule has 4 heterocycles. The minimum absolute atomic E-state index is 0.0119. The van der Waals surface area contributed by atoms with Crippen LogP contribution in [0.15, 0.2) is 41.3 Å². The van der Waals surface area contributed by atoms with Gasteiger partial charge in [0.1, 0.15) is 6.54 Å². The number of pyridine rings is 1. The standard InChI is InChI=1S/C22H27N3O2/c26-21-9-10-23(20-4-2-1-3-19(20)21)15-22(27)25-13-17-7-8-18(14-25)24(12-17)11-16-5-6-16/h1-4,9-10,16-18H,5-8,11-15H2/t17-,18-/m0/s1. The average molecular weight is 365 g/mol. The number of amides is 1. The lowest BCUT2D eigenvalue weighted by atomic mass is 9.95. The van der Waals surface area contributed by atoms with Crippen molar-refractivity contribution in [3.63, 3.8) is 0 Å². The number of benzene rings is 1. The Bertz CT molecular complexity index is 917. The van der Waals surface area contributed by atoms with Gasteiger partial charge in [-0.15, -0.1) is 0 Å². The lowest BCUT2D eigenvalue weighted by Crippen LogP contribution is -2.45. The molecule has 2 atom stereocenters. The summed E-state index contributed by atoms with van der Waals surface area (Å²) in [4.78, 5) is 29.9. The van der Waals surface area contributed by atoms with E-state index in [0.29, 0.717) is 23.9 Å². The van der Waals surface area contributed by atoms with Crippen LogP contribution >= 0.6 is 0 Å². The molecule has 2 aromatic rings. The van der Waals surface area contributed by atoms with Gasteiger partial charge in [-0.05, 0) is 49.7 Å². The second-order valence-corrected chi connectivity index (χ2v) is 8.62. The molecule has 1 aromatic heterocycles. The summed E-state index contributed by atoms with van der Waals surface area (Å²) in [6, 6.07) is 9.65. The molecule has 5 nitrogen and oxygen atoms in total. The number of aromatic nitrogens is 1. The number of hydrogen-bond acceptors (Lipinski definition) is 3. The lowest BCUT2D eigenvalue weighted by Gasteiger charge is -2.36. The van der Waals surface area contributed by atoms with Crippen LogP contribution in [-0.4, -0.2) is 52.5 Å². The van der Waals surface area contributed by atoms with Crippen LogP contribution in [0.4, 0.5) is 0 Å². The molecule has 5 heteroatoms. The zero-order valence-electron chi connectivity index (χ0n) is 15.7. The number of carbonyl (C=O) groups excluding carboxylic acids is 1. The number of para-hydroxylation sites is 1. The van der Waals surface area contributed by atoms with Gasteiger partial charge in [0, 0.05) is 49.9 Å². The number of rotatable bonds is 4. The summed E-state index contributed by atoms with van der Waals surface area (Å²) in [5.41, 5.74) is 0.851. The molecule has 1 amide bonds. The molecule has 0 radical (unpaired) electrons. The molecule has 142 valence electrons. The van der Waals surface area contributed by atoms with Crippen LogP contribution in [0.1, 0.15) is 25.7 Å². The van der Waals surface area contributed by atoms with Gasteiger partial charge in [0.05, 0.1) is 5.52 Å². The third-order valence-electron chi connectivity index (χ3n) is 6.56. The van der Waals surface area contributed by atoms with E-state index < -0.39 is 0 Å². The van der Waals surface area contributed by atoms with Crippen molar-refractivity contribution in [2.75, 3.05) is 26.2 Å². The number of fused-ring (bicyclic) bond motifs is 5. The summed E-state index contributed by atoms with van der Waals surface area (Å²) in [7, 11) is 0. The fraction of sp³-hybridized carbons (Fsp3) is 0.545. The Morgan fingerprint density at radius 2 is 1.85 bits per heavy atom. The maximum Gasteiger partial charge on any atom is 0.242 e. The zero-order valence-corrected chi connectivity index (χ0v) is 15.7. The average Bonchev–Trinajstić information content (AvgIpc) is 3.52. The topological polar surface area (TPSA) is 45.6 Å². The molecule has 1 saturated carbocycles. The second kappa shape index (κ2) is 6.79. The summed E-state index contributed by atoms with van der Waals surface area (Å²) in [5, 5.41) is 0.680. The Morgan fingerprint density at radius 1 is 1.00 bits per heavy atom. The molecule has 27 heavy (non-hydrogen) atoms. The first-order valence-electron chi connectivity index (χ1n) is 10.3. The number of carbonyl (C=O) groups is 1. The molecule has 6 rings (SSSR count). The molecule has 0 N–H and O–H groups in total. The predicted molar refractivity (Wildman–Crippen MR) is 106 cm³/mol. The molecule has 4 fully saturated rings. The van der Waals surface area contributed by atoms with Gasteiger partial charge in [-0.2, -0.15) is 0 Å². The highest BCUT2D eigenvalue weighted by Crippen LogP contribution is 2.34. The highest BCUT2D eigenvalue weighted by molar-refractivity contribution is 5.82. The molecule has 2 bridgehead atoms. The van der Waals surface area contributed by atoms with E-state index in [2.05, 4.69) is 9.80 Å². The minimum Gasteiger partial charge on any atom is -0.339 e. The molecule has 1 aliphatic carbocycles. The maximum atomic E-state index is 13.1. The number of hydrogen-bond donors (Lipinski definition) is 0. The van der Waals surface area contributed by atoms with Crippen molar-refractivity contribution in [3.05, 3.63) is 46.8 Å². The van der Waals surface area contributed by atoms with Gasteiger partial charge in [0.2, 0.25) is 5.91 Å². The molecule has 3 saturated heterocycles. The summed E-state index contributed by atoms with van der Waals surface area (Å²) in [6.07, 6.45) is 7.00. The largest absolute Gasteiger partial charge is 0.339 e. The van der Waals surface area contributed by atoms with Gasteiger partial charge >= 0.3 is 0 Å². The zero-order chi connectivity index (χ0) is 18.4. The van der Waals surface area contributed by atoms with Crippen LogP contribution in [0.2, 0.25) is 0 Å². The van der Waals surface area contributed by atoms with Crippen LogP contribution < -0.4 is 5.43 Å². The molecule has 0 spiro atoms. The number of piperidine rings is 1. The Kier molecular flexibility index (Phi) is 4.27. The van der Waals surface area contributed by atoms with Gasteiger partial charge in [-0.25, -0.2) is 0 Å². The Balaban J connectivity index is 1.34. The van der Waals surface area contributed by atoms with Crippen LogP contribution in [0.25, 0.3) is 10.9 Å². The van der Waals surface area contributed by atoms with Crippen molar-refractivity contribution in [1.29, 1.82) is 0 Å². The van der Waals surface area contributed by atoms with E-state index in [-0.39, 0.29) is 11.3 Å². The third kappa shape index (κ3) is 3.41. The van der Waals surface area contributed by atoms with E-state index in [1.807, 2.05) is 28.8 Å². The van der Waals surface area contributed by atoms with E-state index in [9.17, 15) is 9.59 Å². The van der Waals surface area contributed by atoms with Crippen molar-refractivity contribution in [2.24, 2.45) is 11.8 Å². The fourth-order valence-electron chi connectivity index (χ4n) is 4.88. The van der Waals surface area contributed by atoms with E-state index >= 15 is 0 Å². The molecule has 4 aliphatic rings. The monoisotopic (exact) mass is 365 g/mol. The normalized spacial score (nSPS) is 25.7. The van der Waals surface area contributed by atoms with Crippen molar-refractivity contribution in [2.45, 2.75) is 38.3 Å². The van der Waals surface area contributed by atoms with E-state index in [0.717, 1.165) is 31.1 Å². The quantitative estimate of drug-likeness (QED) is 0.835.